The largest absolute Gasteiger partial charge is 0.326 e. The molecule has 2 atom stereocenters. The molecule has 0 radical (unpaired) electrons. The summed E-state index contributed by atoms with van der Waals surface area (Å²) < 4.78 is 0. The van der Waals surface area contributed by atoms with Crippen LogP contribution in [0.3, 0.4) is 0 Å². The van der Waals surface area contributed by atoms with Crippen molar-refractivity contribution in [2.24, 2.45) is 11.8 Å². The molecule has 8 nitrogen and oxygen atoms in total. The third kappa shape index (κ3) is 3.52. The first-order valence-electron chi connectivity index (χ1n) is 8.37. The Morgan fingerprint density at radius 1 is 1.20 bits per heavy atom. The van der Waals surface area contributed by atoms with Crippen LogP contribution in [0.1, 0.15) is 32.1 Å². The normalized spacial score (nSPS) is 22.6. The van der Waals surface area contributed by atoms with Crippen LogP contribution < -0.4 is 5.32 Å². The van der Waals surface area contributed by atoms with Gasteiger partial charge >= 0.3 is 0 Å². The Balaban J connectivity index is 1.57. The fourth-order valence-electron chi connectivity index (χ4n) is 3.59. The fourth-order valence-corrected chi connectivity index (χ4v) is 3.59. The van der Waals surface area contributed by atoms with Crippen molar-refractivity contribution in [3.63, 3.8) is 0 Å². The SMILES string of the molecule is O=C(CCN1C(=O)[C@H]2CCCC[C@H]2C1=O)Nc1cccc([N+](=O)[O-])c1. The number of likely N-dealkylation sites (tertiary alicyclic amines) is 1. The highest BCUT2D eigenvalue weighted by atomic mass is 16.6. The van der Waals surface area contributed by atoms with Gasteiger partial charge in [-0.05, 0) is 18.9 Å². The minimum absolute atomic E-state index is 0.0282. The highest BCUT2D eigenvalue weighted by Gasteiger charge is 2.47. The Hall–Kier alpha value is -2.77. The van der Waals surface area contributed by atoms with Crippen molar-refractivity contribution in [3.8, 4) is 0 Å². The van der Waals surface area contributed by atoms with E-state index in [1.54, 1.807) is 6.07 Å². The second-order valence-electron chi connectivity index (χ2n) is 6.43. The maximum absolute atomic E-state index is 12.3. The van der Waals surface area contributed by atoms with Crippen LogP contribution in [-0.2, 0) is 14.4 Å². The summed E-state index contributed by atoms with van der Waals surface area (Å²) in [6, 6.07) is 5.62. The molecule has 0 bridgehead atoms. The summed E-state index contributed by atoms with van der Waals surface area (Å²) in [5.74, 6) is -1.17. The minimum Gasteiger partial charge on any atom is -0.326 e. The van der Waals surface area contributed by atoms with Crippen LogP contribution in [0.4, 0.5) is 11.4 Å². The van der Waals surface area contributed by atoms with Crippen molar-refractivity contribution in [2.45, 2.75) is 32.1 Å². The van der Waals surface area contributed by atoms with Crippen LogP contribution in [0.2, 0.25) is 0 Å². The number of imide groups is 1. The molecule has 3 rings (SSSR count). The number of fused-ring (bicyclic) bond motifs is 1. The van der Waals surface area contributed by atoms with E-state index in [-0.39, 0.29) is 42.3 Å². The topological polar surface area (TPSA) is 110 Å². The quantitative estimate of drug-likeness (QED) is 0.499. The number of nitrogens with one attached hydrogen (secondary N) is 1. The van der Waals surface area contributed by atoms with Gasteiger partial charge in [0, 0.05) is 30.8 Å². The average molecular weight is 345 g/mol. The van der Waals surface area contributed by atoms with Gasteiger partial charge in [0.05, 0.1) is 16.8 Å². The maximum atomic E-state index is 12.3. The summed E-state index contributed by atoms with van der Waals surface area (Å²) in [5.41, 5.74) is 0.193. The number of hydrogen-bond donors (Lipinski definition) is 1. The van der Waals surface area contributed by atoms with Crippen LogP contribution in [0.15, 0.2) is 24.3 Å². The molecule has 132 valence electrons. The summed E-state index contributed by atoms with van der Waals surface area (Å²) >= 11 is 0. The molecule has 3 amide bonds. The van der Waals surface area contributed by atoms with E-state index in [9.17, 15) is 24.5 Å². The maximum Gasteiger partial charge on any atom is 0.271 e. The van der Waals surface area contributed by atoms with Crippen LogP contribution >= 0.6 is 0 Å². The summed E-state index contributed by atoms with van der Waals surface area (Å²) in [7, 11) is 0. The zero-order chi connectivity index (χ0) is 18.0. The number of carbonyl (C=O) groups excluding carboxylic acids is 3. The second kappa shape index (κ2) is 7.00. The Morgan fingerprint density at radius 3 is 2.44 bits per heavy atom. The first kappa shape index (κ1) is 17.1. The molecule has 1 aliphatic heterocycles. The summed E-state index contributed by atoms with van der Waals surface area (Å²) in [5, 5.41) is 13.3. The number of benzene rings is 1. The molecule has 1 heterocycles. The lowest BCUT2D eigenvalue weighted by molar-refractivity contribution is -0.384. The number of nitro benzene ring substituents is 1. The molecule has 1 aromatic carbocycles. The molecule has 1 aliphatic carbocycles. The zero-order valence-corrected chi connectivity index (χ0v) is 13.6. The first-order valence-corrected chi connectivity index (χ1v) is 8.37. The molecule has 1 saturated heterocycles. The number of non-ortho nitro benzene ring substituents is 1. The first-order chi connectivity index (χ1) is 12.0. The van der Waals surface area contributed by atoms with Gasteiger partial charge in [-0.3, -0.25) is 29.4 Å². The van der Waals surface area contributed by atoms with Crippen LogP contribution in [0.25, 0.3) is 0 Å². The average Bonchev–Trinajstić information content (AvgIpc) is 2.85. The van der Waals surface area contributed by atoms with Crippen molar-refractivity contribution in [1.29, 1.82) is 0 Å². The third-order valence-electron chi connectivity index (χ3n) is 4.84. The molecule has 0 aromatic heterocycles. The Labute approximate surface area is 144 Å². The van der Waals surface area contributed by atoms with Gasteiger partial charge in [0.2, 0.25) is 17.7 Å². The molecule has 8 heteroatoms. The van der Waals surface area contributed by atoms with E-state index in [0.29, 0.717) is 5.69 Å². The smallest absolute Gasteiger partial charge is 0.271 e. The lowest BCUT2D eigenvalue weighted by Crippen LogP contribution is -2.34. The minimum atomic E-state index is -0.543. The van der Waals surface area contributed by atoms with Crippen molar-refractivity contribution in [2.75, 3.05) is 11.9 Å². The predicted octanol–water partition coefficient (Wildman–Crippen LogP) is 2.10. The van der Waals surface area contributed by atoms with Crippen molar-refractivity contribution in [3.05, 3.63) is 34.4 Å². The van der Waals surface area contributed by atoms with Gasteiger partial charge in [-0.1, -0.05) is 18.9 Å². The monoisotopic (exact) mass is 345 g/mol. The van der Waals surface area contributed by atoms with E-state index in [1.165, 1.54) is 23.1 Å². The van der Waals surface area contributed by atoms with Crippen molar-refractivity contribution < 1.29 is 19.3 Å². The lowest BCUT2D eigenvalue weighted by Gasteiger charge is -2.19. The number of nitro groups is 1. The summed E-state index contributed by atoms with van der Waals surface area (Å²) in [4.78, 5) is 48.1. The summed E-state index contributed by atoms with van der Waals surface area (Å²) in [6.07, 6.45) is 3.37. The number of amides is 3. The van der Waals surface area contributed by atoms with E-state index in [4.69, 9.17) is 0 Å². The molecule has 1 N–H and O–H groups in total. The Morgan fingerprint density at radius 2 is 1.84 bits per heavy atom. The van der Waals surface area contributed by atoms with E-state index in [2.05, 4.69) is 5.32 Å². The van der Waals surface area contributed by atoms with Gasteiger partial charge < -0.3 is 5.32 Å². The number of carbonyl (C=O) groups is 3. The van der Waals surface area contributed by atoms with Crippen molar-refractivity contribution in [1.82, 2.24) is 4.90 Å². The van der Waals surface area contributed by atoms with E-state index >= 15 is 0 Å². The van der Waals surface area contributed by atoms with Crippen LogP contribution in [0.5, 0.6) is 0 Å². The predicted molar refractivity (Wildman–Crippen MR) is 88.5 cm³/mol. The number of anilines is 1. The number of hydrogen-bond acceptors (Lipinski definition) is 5. The molecule has 1 aromatic rings. The van der Waals surface area contributed by atoms with Gasteiger partial charge in [0.25, 0.3) is 5.69 Å². The molecular weight excluding hydrogens is 326 g/mol. The van der Waals surface area contributed by atoms with Crippen LogP contribution in [0, 0.1) is 22.0 Å². The highest BCUT2D eigenvalue weighted by molar-refractivity contribution is 6.05. The summed E-state index contributed by atoms with van der Waals surface area (Å²) in [6.45, 7) is 0.0471. The van der Waals surface area contributed by atoms with E-state index in [1.807, 2.05) is 0 Å². The van der Waals surface area contributed by atoms with Gasteiger partial charge in [-0.15, -0.1) is 0 Å². The molecule has 2 aliphatic rings. The van der Waals surface area contributed by atoms with Crippen LogP contribution in [-0.4, -0.2) is 34.1 Å². The molecule has 0 unspecified atom stereocenters. The molecule has 25 heavy (non-hydrogen) atoms. The van der Waals surface area contributed by atoms with E-state index in [0.717, 1.165) is 25.7 Å². The van der Waals surface area contributed by atoms with Crippen molar-refractivity contribution >= 4 is 29.1 Å². The van der Waals surface area contributed by atoms with Gasteiger partial charge in [-0.2, -0.15) is 0 Å². The Kier molecular flexibility index (Phi) is 4.78. The zero-order valence-electron chi connectivity index (χ0n) is 13.6. The third-order valence-corrected chi connectivity index (χ3v) is 4.84. The molecule has 0 spiro atoms. The fraction of sp³-hybridized carbons (Fsp3) is 0.471. The second-order valence-corrected chi connectivity index (χ2v) is 6.43. The van der Waals surface area contributed by atoms with Gasteiger partial charge in [0.1, 0.15) is 0 Å². The number of nitrogens with zero attached hydrogens (tertiary/aromatic N) is 2. The molecule has 2 fully saturated rings. The van der Waals surface area contributed by atoms with Gasteiger partial charge in [-0.25, -0.2) is 0 Å². The highest BCUT2D eigenvalue weighted by Crippen LogP contribution is 2.37. The lowest BCUT2D eigenvalue weighted by atomic mass is 9.81. The molecular formula is C17H19N3O5. The van der Waals surface area contributed by atoms with E-state index < -0.39 is 10.8 Å². The number of rotatable bonds is 5. The standard InChI is InChI=1S/C17H19N3O5/c21-15(18-11-4-3-5-12(10-11)20(24)25)8-9-19-16(22)13-6-1-2-7-14(13)17(19)23/h3-5,10,13-14H,1-2,6-9H2,(H,18,21)/t13-,14+. The molecule has 1 saturated carbocycles. The Bertz CT molecular complexity index is 709. The van der Waals surface area contributed by atoms with Gasteiger partial charge in [0.15, 0.2) is 0 Å².